The molecule has 2 aromatic carbocycles. The molecule has 29 heavy (non-hydrogen) atoms. The Bertz CT molecular complexity index is 935. The Kier molecular flexibility index (Phi) is 5.59. The number of hydrogen-bond donors (Lipinski definition) is 2. The maximum absolute atomic E-state index is 13.2. The Labute approximate surface area is 170 Å². The summed E-state index contributed by atoms with van der Waals surface area (Å²) in [6, 6.07) is 12.1. The highest BCUT2D eigenvalue weighted by Gasteiger charge is 2.51. The molecule has 1 atom stereocenters. The van der Waals surface area contributed by atoms with Crippen molar-refractivity contribution >= 4 is 23.5 Å². The van der Waals surface area contributed by atoms with Crippen molar-refractivity contribution in [2.24, 2.45) is 0 Å². The summed E-state index contributed by atoms with van der Waals surface area (Å²) in [4.78, 5) is 39.3. The highest BCUT2D eigenvalue weighted by Crippen LogP contribution is 2.33. The fraction of sp³-hybridized carbons (Fsp3) is 0.318. The topological polar surface area (TPSA) is 87.7 Å². The fourth-order valence-electron chi connectivity index (χ4n) is 3.62. The Morgan fingerprint density at radius 1 is 1.10 bits per heavy atom. The molecule has 0 radical (unpaired) electrons. The van der Waals surface area contributed by atoms with E-state index < -0.39 is 23.4 Å². The molecule has 1 fully saturated rings. The minimum Gasteiger partial charge on any atom is -0.497 e. The first-order valence-electron chi connectivity index (χ1n) is 9.47. The lowest BCUT2D eigenvalue weighted by Crippen LogP contribution is -2.44. The van der Waals surface area contributed by atoms with Gasteiger partial charge in [-0.2, -0.15) is 0 Å². The van der Waals surface area contributed by atoms with Crippen LogP contribution in [0.25, 0.3) is 0 Å². The van der Waals surface area contributed by atoms with E-state index in [1.165, 1.54) is 0 Å². The molecule has 2 N–H and O–H groups in total. The first-order chi connectivity index (χ1) is 13.8. The maximum atomic E-state index is 13.2. The highest BCUT2D eigenvalue weighted by molar-refractivity contribution is 6.10. The summed E-state index contributed by atoms with van der Waals surface area (Å²) in [5.74, 6) is -0.207. The van der Waals surface area contributed by atoms with Crippen LogP contribution >= 0.6 is 0 Å². The second-order valence-corrected chi connectivity index (χ2v) is 7.12. The number of carbonyl (C=O) groups is 3. The molecule has 0 aromatic heterocycles. The number of urea groups is 1. The number of nitrogens with one attached hydrogen (secondary N) is 2. The second-order valence-electron chi connectivity index (χ2n) is 7.12. The first-order valence-corrected chi connectivity index (χ1v) is 9.47. The van der Waals surface area contributed by atoms with Gasteiger partial charge in [0.15, 0.2) is 0 Å². The van der Waals surface area contributed by atoms with Gasteiger partial charge >= 0.3 is 6.03 Å². The molecule has 1 saturated heterocycles. The van der Waals surface area contributed by atoms with Crippen molar-refractivity contribution in [2.45, 2.75) is 32.7 Å². The molecule has 7 heteroatoms. The molecule has 1 aliphatic heterocycles. The lowest BCUT2D eigenvalue weighted by molar-refractivity contribution is -0.134. The monoisotopic (exact) mass is 395 g/mol. The smallest absolute Gasteiger partial charge is 0.325 e. The molecule has 1 aliphatic rings. The summed E-state index contributed by atoms with van der Waals surface area (Å²) >= 11 is 0. The lowest BCUT2D eigenvalue weighted by Gasteiger charge is -2.26. The van der Waals surface area contributed by atoms with Crippen LogP contribution in [0.1, 0.15) is 30.0 Å². The number of amides is 4. The Morgan fingerprint density at radius 3 is 2.28 bits per heavy atom. The maximum Gasteiger partial charge on any atom is 0.325 e. The van der Waals surface area contributed by atoms with Crippen molar-refractivity contribution in [1.82, 2.24) is 10.2 Å². The molecule has 4 amide bonds. The van der Waals surface area contributed by atoms with Crippen LogP contribution in [0.5, 0.6) is 5.75 Å². The molecule has 7 nitrogen and oxygen atoms in total. The molecule has 0 saturated carbocycles. The molecular weight excluding hydrogens is 370 g/mol. The average molecular weight is 395 g/mol. The summed E-state index contributed by atoms with van der Waals surface area (Å²) < 4.78 is 5.16. The third kappa shape index (κ3) is 3.68. The summed E-state index contributed by atoms with van der Waals surface area (Å²) in [6.45, 7) is 5.25. The van der Waals surface area contributed by atoms with E-state index in [9.17, 15) is 14.4 Å². The molecule has 0 unspecified atom stereocenters. The van der Waals surface area contributed by atoms with E-state index in [4.69, 9.17) is 4.74 Å². The molecule has 2 aromatic rings. The van der Waals surface area contributed by atoms with Gasteiger partial charge in [-0.1, -0.05) is 37.3 Å². The average Bonchev–Trinajstić information content (AvgIpc) is 2.96. The predicted octanol–water partition coefficient (Wildman–Crippen LogP) is 3.11. The zero-order valence-electron chi connectivity index (χ0n) is 17.0. The van der Waals surface area contributed by atoms with Crippen molar-refractivity contribution in [1.29, 1.82) is 0 Å². The Hall–Kier alpha value is -3.35. The first kappa shape index (κ1) is 20.4. The third-order valence-electron chi connectivity index (χ3n) is 5.34. The van der Waals surface area contributed by atoms with Crippen LogP contribution in [0.2, 0.25) is 0 Å². The van der Waals surface area contributed by atoms with Crippen LogP contribution in [0, 0.1) is 13.8 Å². The van der Waals surface area contributed by atoms with E-state index in [0.717, 1.165) is 16.0 Å². The van der Waals surface area contributed by atoms with Gasteiger partial charge in [-0.05, 0) is 49.1 Å². The molecule has 1 heterocycles. The Morgan fingerprint density at radius 2 is 1.72 bits per heavy atom. The van der Waals surface area contributed by atoms with Gasteiger partial charge < -0.3 is 15.4 Å². The van der Waals surface area contributed by atoms with E-state index in [1.807, 2.05) is 39.0 Å². The summed E-state index contributed by atoms with van der Waals surface area (Å²) in [5, 5.41) is 5.60. The molecular formula is C22H25N3O4. The van der Waals surface area contributed by atoms with Gasteiger partial charge in [0.2, 0.25) is 5.91 Å². The van der Waals surface area contributed by atoms with Crippen molar-refractivity contribution in [3.05, 3.63) is 59.2 Å². The van der Waals surface area contributed by atoms with Crippen molar-refractivity contribution in [3.63, 3.8) is 0 Å². The molecule has 0 bridgehead atoms. The lowest BCUT2D eigenvalue weighted by atomic mass is 9.87. The quantitative estimate of drug-likeness (QED) is 0.736. The van der Waals surface area contributed by atoms with Gasteiger partial charge in [0, 0.05) is 5.69 Å². The van der Waals surface area contributed by atoms with Crippen molar-refractivity contribution in [3.8, 4) is 5.75 Å². The minimum absolute atomic E-state index is 0.351. The zero-order valence-corrected chi connectivity index (χ0v) is 17.0. The zero-order chi connectivity index (χ0) is 21.2. The van der Waals surface area contributed by atoms with Crippen LogP contribution in [0.4, 0.5) is 10.5 Å². The number of rotatable bonds is 6. The number of anilines is 1. The van der Waals surface area contributed by atoms with Crippen LogP contribution < -0.4 is 15.4 Å². The third-order valence-corrected chi connectivity index (χ3v) is 5.34. The number of ether oxygens (including phenoxy) is 1. The number of hydrogen-bond acceptors (Lipinski definition) is 4. The van der Waals surface area contributed by atoms with E-state index >= 15 is 0 Å². The van der Waals surface area contributed by atoms with Gasteiger partial charge in [-0.15, -0.1) is 0 Å². The van der Waals surface area contributed by atoms with Gasteiger partial charge in [0.25, 0.3) is 5.91 Å². The normalized spacial score (nSPS) is 18.6. The summed E-state index contributed by atoms with van der Waals surface area (Å²) in [7, 11) is 1.56. The number of imide groups is 1. The van der Waals surface area contributed by atoms with Crippen LogP contribution in [-0.2, 0) is 15.1 Å². The SMILES string of the molecule is CC[C@@]1(c2ccc(OC)cc2)NC(=O)N(CC(=O)Nc2c(C)cccc2C)C1=O. The molecule has 0 spiro atoms. The predicted molar refractivity (Wildman–Crippen MR) is 110 cm³/mol. The molecule has 3 rings (SSSR count). The van der Waals surface area contributed by atoms with Crippen molar-refractivity contribution < 1.29 is 19.1 Å². The van der Waals surface area contributed by atoms with Crippen LogP contribution in [0.15, 0.2) is 42.5 Å². The van der Waals surface area contributed by atoms with Gasteiger partial charge in [-0.25, -0.2) is 4.79 Å². The minimum atomic E-state index is -1.19. The summed E-state index contributed by atoms with van der Waals surface area (Å²) in [6.07, 6.45) is 0.360. The number of methoxy groups -OCH3 is 1. The van der Waals surface area contributed by atoms with E-state index in [2.05, 4.69) is 10.6 Å². The van der Waals surface area contributed by atoms with E-state index in [1.54, 1.807) is 31.4 Å². The molecule has 152 valence electrons. The van der Waals surface area contributed by atoms with Gasteiger partial charge in [0.05, 0.1) is 7.11 Å². The van der Waals surface area contributed by atoms with Crippen LogP contribution in [0.3, 0.4) is 0 Å². The van der Waals surface area contributed by atoms with E-state index in [-0.39, 0.29) is 6.54 Å². The van der Waals surface area contributed by atoms with E-state index in [0.29, 0.717) is 23.4 Å². The van der Waals surface area contributed by atoms with Crippen LogP contribution in [-0.4, -0.2) is 36.4 Å². The van der Waals surface area contributed by atoms with Crippen molar-refractivity contribution in [2.75, 3.05) is 19.0 Å². The number of para-hydroxylation sites is 1. The number of carbonyl (C=O) groups excluding carboxylic acids is 3. The second kappa shape index (κ2) is 7.95. The largest absolute Gasteiger partial charge is 0.497 e. The Balaban J connectivity index is 1.81. The standard InChI is InChI=1S/C22H25N3O4/c1-5-22(16-9-11-17(29-4)12-10-16)20(27)25(21(28)24-22)13-18(26)23-19-14(2)7-6-8-15(19)3/h6-12H,5,13H2,1-4H3,(H,23,26)(H,24,28)/t22-/m0/s1. The van der Waals surface area contributed by atoms with Gasteiger partial charge in [-0.3, -0.25) is 14.5 Å². The number of nitrogens with zero attached hydrogens (tertiary/aromatic N) is 1. The highest BCUT2D eigenvalue weighted by atomic mass is 16.5. The van der Waals surface area contributed by atoms with Gasteiger partial charge in [0.1, 0.15) is 17.8 Å². The summed E-state index contributed by atoms with van der Waals surface area (Å²) in [5.41, 5.74) is 1.98. The number of aryl methyl sites for hydroxylation is 2. The number of benzene rings is 2. The fourth-order valence-corrected chi connectivity index (χ4v) is 3.62. The molecule has 0 aliphatic carbocycles.